The number of nitrogens with one attached hydrogen (secondary N) is 2. The Balaban J connectivity index is 1.52. The van der Waals surface area contributed by atoms with Gasteiger partial charge in [-0.15, -0.1) is 0 Å². The van der Waals surface area contributed by atoms with Crippen LogP contribution in [0.4, 0.5) is 26.0 Å². The summed E-state index contributed by atoms with van der Waals surface area (Å²) < 4.78 is 28.8. The van der Waals surface area contributed by atoms with Gasteiger partial charge in [-0.05, 0) is 50.6 Å². The number of pyridine rings is 2. The molecule has 3 aromatic rings. The van der Waals surface area contributed by atoms with E-state index < -0.39 is 11.6 Å². The highest BCUT2D eigenvalue weighted by molar-refractivity contribution is 6.04. The molecule has 168 valence electrons. The molecule has 0 radical (unpaired) electrons. The lowest BCUT2D eigenvalue weighted by molar-refractivity contribution is -0.117. The zero-order valence-corrected chi connectivity index (χ0v) is 18.1. The van der Waals surface area contributed by atoms with Crippen LogP contribution in [0.3, 0.4) is 0 Å². The molecule has 5 rings (SSSR count). The second-order valence-electron chi connectivity index (χ2n) is 8.72. The van der Waals surface area contributed by atoms with E-state index >= 15 is 0 Å². The molecule has 0 atom stereocenters. The van der Waals surface area contributed by atoms with Crippen LogP contribution < -0.4 is 15.5 Å². The minimum atomic E-state index is -0.744. The van der Waals surface area contributed by atoms with Gasteiger partial charge in [-0.3, -0.25) is 9.59 Å². The largest absolute Gasteiger partial charge is 0.346 e. The summed E-state index contributed by atoms with van der Waals surface area (Å²) in [7, 11) is 0. The average Bonchev–Trinajstić information content (AvgIpc) is 3.27. The van der Waals surface area contributed by atoms with Crippen LogP contribution in [0.5, 0.6) is 0 Å². The molecule has 7 nitrogen and oxygen atoms in total. The van der Waals surface area contributed by atoms with E-state index in [4.69, 9.17) is 0 Å². The third-order valence-corrected chi connectivity index (χ3v) is 6.03. The topological polar surface area (TPSA) is 87.2 Å². The smallest absolute Gasteiger partial charge is 0.255 e. The second-order valence-corrected chi connectivity index (χ2v) is 8.72. The van der Waals surface area contributed by atoms with Crippen molar-refractivity contribution in [2.75, 3.05) is 10.2 Å². The zero-order valence-electron chi connectivity index (χ0n) is 18.1. The molecule has 2 N–H and O–H groups in total. The van der Waals surface area contributed by atoms with E-state index in [-0.39, 0.29) is 35.2 Å². The molecule has 2 aromatic heterocycles. The van der Waals surface area contributed by atoms with Gasteiger partial charge < -0.3 is 15.5 Å². The standard InChI is InChI=1S/C24H21F2N5O2/c1-24(2)9-8-20(32)31(24)13-6-7-19(27-11-13)30-17-10-16(21-14(25)4-3-5-15(21)26)29-18-12-28-23(33)22(17)18/h3-7,10-11H,8-9,12H2,1-2H3,(H,28,33)(H,27,29,30). The number of halogens is 2. The van der Waals surface area contributed by atoms with Crippen molar-refractivity contribution in [1.29, 1.82) is 0 Å². The van der Waals surface area contributed by atoms with Gasteiger partial charge in [0.25, 0.3) is 5.91 Å². The van der Waals surface area contributed by atoms with Gasteiger partial charge in [-0.25, -0.2) is 18.7 Å². The highest BCUT2D eigenvalue weighted by Gasteiger charge is 2.38. The fourth-order valence-electron chi connectivity index (χ4n) is 4.40. The minimum absolute atomic E-state index is 0.0442. The lowest BCUT2D eigenvalue weighted by atomic mass is 10.0. The van der Waals surface area contributed by atoms with Crippen molar-refractivity contribution in [3.8, 4) is 11.3 Å². The summed E-state index contributed by atoms with van der Waals surface area (Å²) in [5, 5.41) is 5.76. The van der Waals surface area contributed by atoms with Crippen molar-refractivity contribution in [3.05, 3.63) is 65.5 Å². The van der Waals surface area contributed by atoms with Gasteiger partial charge in [0.1, 0.15) is 17.5 Å². The quantitative estimate of drug-likeness (QED) is 0.620. The average molecular weight is 449 g/mol. The number of rotatable bonds is 4. The number of aromatic nitrogens is 2. The van der Waals surface area contributed by atoms with Crippen LogP contribution in [0, 0.1) is 11.6 Å². The number of anilines is 3. The van der Waals surface area contributed by atoms with Gasteiger partial charge in [-0.2, -0.15) is 0 Å². The first-order chi connectivity index (χ1) is 15.7. The van der Waals surface area contributed by atoms with Crippen molar-refractivity contribution in [3.63, 3.8) is 0 Å². The molecule has 4 heterocycles. The van der Waals surface area contributed by atoms with Gasteiger partial charge >= 0.3 is 0 Å². The monoisotopic (exact) mass is 449 g/mol. The van der Waals surface area contributed by atoms with Crippen molar-refractivity contribution in [1.82, 2.24) is 15.3 Å². The normalized spacial score (nSPS) is 16.7. The maximum Gasteiger partial charge on any atom is 0.255 e. The van der Waals surface area contributed by atoms with Crippen LogP contribution in [-0.2, 0) is 11.3 Å². The molecule has 33 heavy (non-hydrogen) atoms. The maximum atomic E-state index is 14.4. The van der Waals surface area contributed by atoms with Gasteiger partial charge in [-0.1, -0.05) is 6.07 Å². The molecule has 9 heteroatoms. The molecule has 2 amide bonds. The summed E-state index contributed by atoms with van der Waals surface area (Å²) in [4.78, 5) is 35.2. The molecule has 2 aliphatic rings. The Morgan fingerprint density at radius 1 is 1.09 bits per heavy atom. The molecule has 1 aromatic carbocycles. The highest BCUT2D eigenvalue weighted by atomic mass is 19.1. The lowest BCUT2D eigenvalue weighted by Gasteiger charge is -2.31. The summed E-state index contributed by atoms with van der Waals surface area (Å²) in [5.74, 6) is -1.36. The lowest BCUT2D eigenvalue weighted by Crippen LogP contribution is -2.40. The first-order valence-corrected chi connectivity index (χ1v) is 10.6. The molecule has 1 fully saturated rings. The van der Waals surface area contributed by atoms with E-state index in [0.29, 0.717) is 34.9 Å². The predicted octanol–water partition coefficient (Wildman–Crippen LogP) is 4.31. The van der Waals surface area contributed by atoms with Crippen LogP contribution in [0.15, 0.2) is 42.6 Å². The Hall–Kier alpha value is -3.88. The molecule has 0 aliphatic carbocycles. The number of hydrogen-bond acceptors (Lipinski definition) is 5. The molecular formula is C24H21F2N5O2. The first kappa shape index (κ1) is 21.0. The van der Waals surface area contributed by atoms with Crippen molar-refractivity contribution in [2.24, 2.45) is 0 Å². The maximum absolute atomic E-state index is 14.4. The number of fused-ring (bicyclic) bond motifs is 1. The van der Waals surface area contributed by atoms with Crippen molar-refractivity contribution >= 4 is 29.0 Å². The number of nitrogens with zero attached hydrogens (tertiary/aromatic N) is 3. The summed E-state index contributed by atoms with van der Waals surface area (Å²) in [6.45, 7) is 4.17. The SMILES string of the molecule is CC1(C)CCC(=O)N1c1ccc(Nc2cc(-c3c(F)cccc3F)nc3c2C(=O)NC3)nc1. The van der Waals surface area contributed by atoms with Gasteiger partial charge in [0.15, 0.2) is 0 Å². The Morgan fingerprint density at radius 2 is 1.85 bits per heavy atom. The fraction of sp³-hybridized carbons (Fsp3) is 0.250. The molecule has 2 aliphatic heterocycles. The van der Waals surface area contributed by atoms with E-state index in [9.17, 15) is 18.4 Å². The molecule has 1 saturated heterocycles. The van der Waals surface area contributed by atoms with E-state index in [0.717, 1.165) is 18.6 Å². The van der Waals surface area contributed by atoms with Crippen LogP contribution in [0.2, 0.25) is 0 Å². The molecular weight excluding hydrogens is 428 g/mol. The fourth-order valence-corrected chi connectivity index (χ4v) is 4.40. The molecule has 0 saturated carbocycles. The number of carbonyl (C=O) groups excluding carboxylic acids is 2. The predicted molar refractivity (Wildman–Crippen MR) is 119 cm³/mol. The number of carbonyl (C=O) groups is 2. The van der Waals surface area contributed by atoms with E-state index in [1.54, 1.807) is 23.2 Å². The Morgan fingerprint density at radius 3 is 2.48 bits per heavy atom. The number of hydrogen-bond donors (Lipinski definition) is 2. The van der Waals surface area contributed by atoms with Crippen LogP contribution >= 0.6 is 0 Å². The van der Waals surface area contributed by atoms with Gasteiger partial charge in [0.2, 0.25) is 5.91 Å². The molecule has 0 spiro atoms. The third kappa shape index (κ3) is 3.59. The summed E-state index contributed by atoms with van der Waals surface area (Å²) in [6, 6.07) is 8.51. The molecule has 0 unspecified atom stereocenters. The van der Waals surface area contributed by atoms with Gasteiger partial charge in [0, 0.05) is 12.0 Å². The zero-order chi connectivity index (χ0) is 23.3. The molecule has 0 bridgehead atoms. The van der Waals surface area contributed by atoms with E-state index in [1.165, 1.54) is 12.1 Å². The summed E-state index contributed by atoms with van der Waals surface area (Å²) in [6.07, 6.45) is 2.84. The minimum Gasteiger partial charge on any atom is -0.346 e. The van der Waals surface area contributed by atoms with Crippen LogP contribution in [0.25, 0.3) is 11.3 Å². The number of amides is 2. The van der Waals surface area contributed by atoms with E-state index in [1.807, 2.05) is 13.8 Å². The Bertz CT molecular complexity index is 1270. The first-order valence-electron chi connectivity index (χ1n) is 10.6. The van der Waals surface area contributed by atoms with Gasteiger partial charge in [0.05, 0.1) is 46.6 Å². The summed E-state index contributed by atoms with van der Waals surface area (Å²) in [5.41, 5.74) is 1.23. The van der Waals surface area contributed by atoms with E-state index in [2.05, 4.69) is 20.6 Å². The van der Waals surface area contributed by atoms with Crippen molar-refractivity contribution < 1.29 is 18.4 Å². The van der Waals surface area contributed by atoms with Crippen molar-refractivity contribution in [2.45, 2.75) is 38.8 Å². The third-order valence-electron chi connectivity index (χ3n) is 6.03. The Labute approximate surface area is 188 Å². The van der Waals surface area contributed by atoms with Crippen LogP contribution in [0.1, 0.15) is 42.7 Å². The Kier molecular flexibility index (Phi) is 4.84. The number of benzene rings is 1. The van der Waals surface area contributed by atoms with Crippen LogP contribution in [-0.4, -0.2) is 27.3 Å². The highest BCUT2D eigenvalue weighted by Crippen LogP contribution is 2.36. The second kappa shape index (κ2) is 7.61. The summed E-state index contributed by atoms with van der Waals surface area (Å²) >= 11 is 0.